The summed E-state index contributed by atoms with van der Waals surface area (Å²) in [5.74, 6) is -1.58. The highest BCUT2D eigenvalue weighted by molar-refractivity contribution is 5.85. The Kier molecular flexibility index (Phi) is 6.07. The predicted molar refractivity (Wildman–Crippen MR) is 97.5 cm³/mol. The van der Waals surface area contributed by atoms with E-state index >= 15 is 0 Å². The second-order valence-corrected chi connectivity index (χ2v) is 7.81. The molecule has 0 bridgehead atoms. The van der Waals surface area contributed by atoms with Crippen molar-refractivity contribution in [3.63, 3.8) is 0 Å². The minimum Gasteiger partial charge on any atom is -0.206 e. The van der Waals surface area contributed by atoms with Crippen LogP contribution in [0.25, 0.3) is 10.8 Å². The third-order valence-corrected chi connectivity index (χ3v) is 5.88. The summed E-state index contributed by atoms with van der Waals surface area (Å²) in [5, 5.41) is -0.00490. The van der Waals surface area contributed by atoms with Gasteiger partial charge in [-0.25, -0.2) is 8.78 Å². The van der Waals surface area contributed by atoms with Crippen molar-refractivity contribution in [3.05, 3.63) is 47.0 Å². The minimum atomic E-state index is -5.04. The highest BCUT2D eigenvalue weighted by Gasteiger charge is 2.38. The number of hydrogen-bond acceptors (Lipinski definition) is 0. The molecule has 5 heteroatoms. The van der Waals surface area contributed by atoms with Gasteiger partial charge in [-0.2, -0.15) is 13.2 Å². The van der Waals surface area contributed by atoms with Crippen LogP contribution in [0.3, 0.4) is 0 Å². The molecule has 0 radical (unpaired) electrons. The maximum Gasteiger partial charge on any atom is 0.422 e. The molecule has 0 aromatic heterocycles. The molecule has 2 aromatic rings. The van der Waals surface area contributed by atoms with Crippen LogP contribution < -0.4 is 0 Å². The third-order valence-electron chi connectivity index (χ3n) is 5.88. The van der Waals surface area contributed by atoms with Crippen LogP contribution in [0.4, 0.5) is 22.0 Å². The van der Waals surface area contributed by atoms with Gasteiger partial charge in [0.05, 0.1) is 0 Å². The summed E-state index contributed by atoms with van der Waals surface area (Å²) in [4.78, 5) is 0. The fraction of sp³-hybridized carbons (Fsp3) is 0.545. The van der Waals surface area contributed by atoms with Gasteiger partial charge in [0.2, 0.25) is 0 Å². The zero-order valence-electron chi connectivity index (χ0n) is 15.5. The molecule has 2 aromatic carbocycles. The van der Waals surface area contributed by atoms with E-state index in [1.807, 2.05) is 0 Å². The third kappa shape index (κ3) is 4.61. The number of hydrogen-bond donors (Lipinski definition) is 0. The summed E-state index contributed by atoms with van der Waals surface area (Å²) >= 11 is 0. The molecule has 0 atom stereocenters. The number of aryl methyl sites for hydroxylation is 1. The van der Waals surface area contributed by atoms with E-state index in [0.29, 0.717) is 5.92 Å². The van der Waals surface area contributed by atoms with Crippen LogP contribution in [-0.2, 0) is 12.6 Å². The van der Waals surface area contributed by atoms with Gasteiger partial charge in [0.15, 0.2) is 0 Å². The Morgan fingerprint density at radius 3 is 2.15 bits per heavy atom. The van der Waals surface area contributed by atoms with E-state index in [1.54, 1.807) is 12.1 Å². The van der Waals surface area contributed by atoms with Crippen LogP contribution in [0.2, 0.25) is 0 Å². The van der Waals surface area contributed by atoms with Gasteiger partial charge in [-0.05, 0) is 41.7 Å². The fourth-order valence-corrected chi connectivity index (χ4v) is 4.38. The first-order valence-electron chi connectivity index (χ1n) is 9.77. The molecule has 1 aliphatic carbocycles. The number of benzene rings is 2. The van der Waals surface area contributed by atoms with Gasteiger partial charge < -0.3 is 0 Å². The molecule has 0 saturated heterocycles. The number of fused-ring (bicyclic) bond motifs is 1. The summed E-state index contributed by atoms with van der Waals surface area (Å²) < 4.78 is 66.5. The average Bonchev–Trinajstić information content (AvgIpc) is 2.60. The zero-order valence-corrected chi connectivity index (χ0v) is 15.5. The predicted octanol–water partition coefficient (Wildman–Crippen LogP) is 7.68. The first kappa shape index (κ1) is 20.1. The van der Waals surface area contributed by atoms with Gasteiger partial charge in [-0.3, -0.25) is 0 Å². The quantitative estimate of drug-likeness (QED) is 0.464. The lowest BCUT2D eigenvalue weighted by Crippen LogP contribution is -2.15. The summed E-state index contributed by atoms with van der Waals surface area (Å²) in [6.07, 6.45) is 4.26. The molecular weight excluding hydrogens is 359 g/mol. The molecule has 0 nitrogen and oxygen atoms in total. The smallest absolute Gasteiger partial charge is 0.206 e. The maximum absolute atomic E-state index is 14.2. The SMILES string of the molecule is CCCC1CCC(CCc2ccc3c(F)c(C(F)(F)F)c(F)cc3c2)CC1. The van der Waals surface area contributed by atoms with Crippen molar-refractivity contribution in [2.45, 2.75) is 64.5 Å². The van der Waals surface area contributed by atoms with Gasteiger partial charge in [0.25, 0.3) is 0 Å². The van der Waals surface area contributed by atoms with Gasteiger partial charge in [0, 0.05) is 5.39 Å². The van der Waals surface area contributed by atoms with Crippen LogP contribution in [0.1, 0.15) is 63.0 Å². The van der Waals surface area contributed by atoms with Crippen LogP contribution >= 0.6 is 0 Å². The van der Waals surface area contributed by atoms with E-state index in [4.69, 9.17) is 0 Å². The van der Waals surface area contributed by atoms with Crippen molar-refractivity contribution in [1.29, 1.82) is 0 Å². The van der Waals surface area contributed by atoms with E-state index in [1.165, 1.54) is 44.6 Å². The van der Waals surface area contributed by atoms with Crippen LogP contribution in [0.5, 0.6) is 0 Å². The molecule has 3 rings (SSSR count). The van der Waals surface area contributed by atoms with E-state index in [9.17, 15) is 22.0 Å². The zero-order chi connectivity index (χ0) is 19.6. The summed E-state index contributed by atoms with van der Waals surface area (Å²) in [6.45, 7) is 2.22. The Labute approximate surface area is 156 Å². The molecule has 0 heterocycles. The molecule has 1 fully saturated rings. The Hall–Kier alpha value is -1.65. The Morgan fingerprint density at radius 1 is 0.926 bits per heavy atom. The van der Waals surface area contributed by atoms with E-state index in [2.05, 4.69) is 6.92 Å². The molecule has 0 N–H and O–H groups in total. The fourth-order valence-electron chi connectivity index (χ4n) is 4.38. The second-order valence-electron chi connectivity index (χ2n) is 7.81. The van der Waals surface area contributed by atoms with Crippen molar-refractivity contribution in [2.75, 3.05) is 0 Å². The molecule has 1 aliphatic rings. The van der Waals surface area contributed by atoms with Crippen molar-refractivity contribution in [2.24, 2.45) is 11.8 Å². The van der Waals surface area contributed by atoms with Crippen molar-refractivity contribution in [3.8, 4) is 0 Å². The first-order valence-corrected chi connectivity index (χ1v) is 9.77. The highest BCUT2D eigenvalue weighted by atomic mass is 19.4. The molecule has 0 amide bonds. The molecule has 0 aliphatic heterocycles. The van der Waals surface area contributed by atoms with E-state index in [-0.39, 0.29) is 10.8 Å². The molecule has 148 valence electrons. The molecular formula is C22H25F5. The van der Waals surface area contributed by atoms with Crippen molar-refractivity contribution >= 4 is 10.8 Å². The summed E-state index contributed by atoms with van der Waals surface area (Å²) in [6, 6.07) is 5.41. The lowest BCUT2D eigenvalue weighted by atomic mass is 9.78. The average molecular weight is 384 g/mol. The molecule has 0 spiro atoms. The Balaban J connectivity index is 1.70. The standard InChI is InChI=1S/C22H25F5/c1-2-3-14-4-6-15(7-5-14)8-9-16-10-11-18-17(12-16)13-19(23)20(21(18)24)22(25,26)27/h10-15H,2-9H2,1H3. The monoisotopic (exact) mass is 384 g/mol. The Morgan fingerprint density at radius 2 is 1.56 bits per heavy atom. The Bertz CT molecular complexity index is 785. The van der Waals surface area contributed by atoms with Crippen LogP contribution in [0.15, 0.2) is 24.3 Å². The number of rotatable bonds is 5. The van der Waals surface area contributed by atoms with E-state index < -0.39 is 23.4 Å². The van der Waals surface area contributed by atoms with Gasteiger partial charge in [0.1, 0.15) is 17.2 Å². The molecule has 27 heavy (non-hydrogen) atoms. The van der Waals surface area contributed by atoms with Crippen molar-refractivity contribution < 1.29 is 22.0 Å². The first-order chi connectivity index (χ1) is 12.8. The van der Waals surface area contributed by atoms with Crippen LogP contribution in [0, 0.1) is 23.5 Å². The number of alkyl halides is 3. The normalized spacial score (nSPS) is 21.0. The van der Waals surface area contributed by atoms with Gasteiger partial charge >= 0.3 is 6.18 Å². The van der Waals surface area contributed by atoms with Crippen LogP contribution in [-0.4, -0.2) is 0 Å². The maximum atomic E-state index is 14.2. The largest absolute Gasteiger partial charge is 0.422 e. The molecule has 0 unspecified atom stereocenters. The minimum absolute atomic E-state index is 0.183. The second kappa shape index (κ2) is 8.15. The van der Waals surface area contributed by atoms with Gasteiger partial charge in [-0.15, -0.1) is 0 Å². The summed E-state index contributed by atoms with van der Waals surface area (Å²) in [7, 11) is 0. The van der Waals surface area contributed by atoms with Gasteiger partial charge in [-0.1, -0.05) is 63.6 Å². The van der Waals surface area contributed by atoms with Crippen molar-refractivity contribution in [1.82, 2.24) is 0 Å². The molecule has 1 saturated carbocycles. The lowest BCUT2D eigenvalue weighted by Gasteiger charge is -2.28. The number of halogens is 5. The lowest BCUT2D eigenvalue weighted by molar-refractivity contribution is -0.142. The highest BCUT2D eigenvalue weighted by Crippen LogP contribution is 2.37. The topological polar surface area (TPSA) is 0 Å². The summed E-state index contributed by atoms with van der Waals surface area (Å²) in [5.41, 5.74) is -0.900. The van der Waals surface area contributed by atoms with E-state index in [0.717, 1.165) is 30.4 Å².